The van der Waals surface area contributed by atoms with Crippen molar-refractivity contribution in [3.63, 3.8) is 0 Å². The van der Waals surface area contributed by atoms with Gasteiger partial charge < -0.3 is 11.5 Å². The number of anilines is 2. The summed E-state index contributed by atoms with van der Waals surface area (Å²) < 4.78 is 0. The van der Waals surface area contributed by atoms with E-state index in [4.69, 9.17) is 11.5 Å². The SMILES string of the molecule is CCCCCCCCCCCC(c1ccc(C(C)c2ccc(N)cc2)cc1)c1ccc(C(C)c2ccc(N)cc2)cc1. The first-order valence-corrected chi connectivity index (χ1v) is 16.4. The van der Waals surface area contributed by atoms with Gasteiger partial charge in [-0.05, 0) is 64.1 Å². The second kappa shape index (κ2) is 16.2. The lowest BCUT2D eigenvalue weighted by Crippen LogP contribution is -2.04. The molecule has 0 bridgehead atoms. The zero-order valence-corrected chi connectivity index (χ0v) is 26.2. The molecular weight excluding hydrogens is 508 g/mol. The number of hydrogen-bond acceptors (Lipinski definition) is 2. The molecule has 42 heavy (non-hydrogen) atoms. The normalized spacial score (nSPS) is 13.5. The van der Waals surface area contributed by atoms with Crippen LogP contribution in [0.3, 0.4) is 0 Å². The Morgan fingerprint density at radius 3 is 1.05 bits per heavy atom. The molecule has 0 aromatic heterocycles. The van der Waals surface area contributed by atoms with Crippen LogP contribution in [0.1, 0.15) is 136 Å². The van der Waals surface area contributed by atoms with Crippen molar-refractivity contribution in [1.82, 2.24) is 0 Å². The van der Waals surface area contributed by atoms with Gasteiger partial charge in [-0.15, -0.1) is 0 Å². The maximum absolute atomic E-state index is 5.92. The Hall–Kier alpha value is -3.52. The van der Waals surface area contributed by atoms with E-state index in [1.165, 1.54) is 97.6 Å². The van der Waals surface area contributed by atoms with Gasteiger partial charge in [0.25, 0.3) is 0 Å². The van der Waals surface area contributed by atoms with Crippen LogP contribution in [0, 0.1) is 0 Å². The third-order valence-electron chi connectivity index (χ3n) is 9.15. The average Bonchev–Trinajstić information content (AvgIpc) is 3.02. The van der Waals surface area contributed by atoms with Crippen LogP contribution in [-0.4, -0.2) is 0 Å². The maximum atomic E-state index is 5.92. The lowest BCUT2D eigenvalue weighted by Gasteiger charge is -2.21. The first-order valence-electron chi connectivity index (χ1n) is 16.4. The Bertz CT molecular complexity index is 1210. The highest BCUT2D eigenvalue weighted by atomic mass is 14.5. The van der Waals surface area contributed by atoms with Gasteiger partial charge in [-0.1, -0.05) is 151 Å². The van der Waals surface area contributed by atoms with Crippen molar-refractivity contribution in [2.24, 2.45) is 0 Å². The monoisotopic (exact) mass is 560 g/mol. The second-order valence-electron chi connectivity index (χ2n) is 12.3. The summed E-state index contributed by atoms with van der Waals surface area (Å²) in [7, 11) is 0. The van der Waals surface area contributed by atoms with Crippen molar-refractivity contribution in [2.45, 2.75) is 103 Å². The van der Waals surface area contributed by atoms with Gasteiger partial charge in [0.1, 0.15) is 0 Å². The molecule has 2 nitrogen and oxygen atoms in total. The summed E-state index contributed by atoms with van der Waals surface area (Å²) in [5, 5.41) is 0. The van der Waals surface area contributed by atoms with E-state index in [1.54, 1.807) is 0 Å². The van der Waals surface area contributed by atoms with E-state index >= 15 is 0 Å². The average molecular weight is 561 g/mol. The smallest absolute Gasteiger partial charge is 0.0314 e. The molecule has 0 fully saturated rings. The van der Waals surface area contributed by atoms with E-state index < -0.39 is 0 Å². The lowest BCUT2D eigenvalue weighted by atomic mass is 9.83. The molecule has 0 spiro atoms. The molecule has 222 valence electrons. The molecule has 2 atom stereocenters. The number of nitrogens with two attached hydrogens (primary N) is 2. The molecule has 4 N–H and O–H groups in total. The predicted molar refractivity (Wildman–Crippen MR) is 183 cm³/mol. The molecule has 2 heteroatoms. The molecule has 0 aliphatic rings. The Kier molecular flexibility index (Phi) is 12.1. The minimum absolute atomic E-state index is 0.338. The van der Waals surface area contributed by atoms with Gasteiger partial charge in [0, 0.05) is 29.1 Å². The third-order valence-corrected chi connectivity index (χ3v) is 9.15. The largest absolute Gasteiger partial charge is 0.399 e. The van der Waals surface area contributed by atoms with Gasteiger partial charge in [-0.3, -0.25) is 0 Å². The first-order chi connectivity index (χ1) is 20.5. The minimum atomic E-state index is 0.338. The first kappa shape index (κ1) is 31.4. The molecule has 4 aromatic carbocycles. The van der Waals surface area contributed by atoms with Crippen LogP contribution in [0.5, 0.6) is 0 Å². The summed E-state index contributed by atoms with van der Waals surface area (Å²) in [4.78, 5) is 0. The standard InChI is InChI=1S/C40H52N2/c1-4-5-6-7-8-9-10-11-12-13-40(36-18-14-32(15-19-36)30(2)34-22-26-38(41)27-23-34)37-20-16-33(17-21-37)31(3)35-24-28-39(42)29-25-35/h14-31,40H,4-13,41-42H2,1-3H3. The molecule has 0 aliphatic heterocycles. The minimum Gasteiger partial charge on any atom is -0.399 e. The summed E-state index contributed by atoms with van der Waals surface area (Å²) >= 11 is 0. The molecule has 0 heterocycles. The van der Waals surface area contributed by atoms with E-state index in [1.807, 2.05) is 24.3 Å². The Morgan fingerprint density at radius 2 is 0.690 bits per heavy atom. The maximum Gasteiger partial charge on any atom is 0.0314 e. The van der Waals surface area contributed by atoms with Gasteiger partial charge in [0.15, 0.2) is 0 Å². The molecule has 2 unspecified atom stereocenters. The number of nitrogen functional groups attached to an aromatic ring is 2. The van der Waals surface area contributed by atoms with Crippen molar-refractivity contribution < 1.29 is 0 Å². The molecule has 0 radical (unpaired) electrons. The van der Waals surface area contributed by atoms with Crippen LogP contribution >= 0.6 is 0 Å². The molecule has 0 saturated heterocycles. The van der Waals surface area contributed by atoms with E-state index in [0.29, 0.717) is 17.8 Å². The summed E-state index contributed by atoms with van der Waals surface area (Å²) in [6.45, 7) is 6.85. The van der Waals surface area contributed by atoms with Gasteiger partial charge in [-0.2, -0.15) is 0 Å². The topological polar surface area (TPSA) is 52.0 Å². The lowest BCUT2D eigenvalue weighted by molar-refractivity contribution is 0.545. The van der Waals surface area contributed by atoms with Crippen molar-refractivity contribution in [3.8, 4) is 0 Å². The zero-order chi connectivity index (χ0) is 29.7. The van der Waals surface area contributed by atoms with Crippen LogP contribution in [0.2, 0.25) is 0 Å². The van der Waals surface area contributed by atoms with E-state index in [9.17, 15) is 0 Å². The summed E-state index contributed by atoms with van der Waals surface area (Å²) in [5.74, 6) is 1.09. The fraction of sp³-hybridized carbons (Fsp3) is 0.400. The van der Waals surface area contributed by atoms with Gasteiger partial charge in [-0.25, -0.2) is 0 Å². The van der Waals surface area contributed by atoms with Crippen LogP contribution < -0.4 is 11.5 Å². The fourth-order valence-corrected chi connectivity index (χ4v) is 6.17. The highest BCUT2D eigenvalue weighted by Gasteiger charge is 2.17. The number of hydrogen-bond donors (Lipinski definition) is 2. The van der Waals surface area contributed by atoms with Crippen molar-refractivity contribution in [1.29, 1.82) is 0 Å². The van der Waals surface area contributed by atoms with E-state index in [2.05, 4.69) is 93.6 Å². The molecule has 0 aliphatic carbocycles. The highest BCUT2D eigenvalue weighted by molar-refractivity contribution is 5.45. The highest BCUT2D eigenvalue weighted by Crippen LogP contribution is 2.34. The molecule has 0 amide bonds. The Labute approximate surface area is 255 Å². The summed E-state index contributed by atoms with van der Waals surface area (Å²) in [5.41, 5.74) is 21.6. The van der Waals surface area contributed by atoms with Crippen LogP contribution in [0.25, 0.3) is 0 Å². The van der Waals surface area contributed by atoms with Crippen LogP contribution in [0.4, 0.5) is 11.4 Å². The number of unbranched alkanes of at least 4 members (excludes halogenated alkanes) is 8. The molecule has 4 rings (SSSR count). The van der Waals surface area contributed by atoms with Crippen LogP contribution in [-0.2, 0) is 0 Å². The van der Waals surface area contributed by atoms with E-state index in [-0.39, 0.29) is 0 Å². The number of benzene rings is 4. The fourth-order valence-electron chi connectivity index (χ4n) is 6.17. The van der Waals surface area contributed by atoms with Crippen molar-refractivity contribution >= 4 is 11.4 Å². The third kappa shape index (κ3) is 8.99. The summed E-state index contributed by atoms with van der Waals surface area (Å²) in [6.07, 6.45) is 13.4. The number of rotatable bonds is 16. The predicted octanol–water partition coefficient (Wildman–Crippen LogP) is 11.2. The van der Waals surface area contributed by atoms with Gasteiger partial charge >= 0.3 is 0 Å². The van der Waals surface area contributed by atoms with Gasteiger partial charge in [0.05, 0.1) is 0 Å². The van der Waals surface area contributed by atoms with Crippen molar-refractivity contribution in [3.05, 3.63) is 130 Å². The van der Waals surface area contributed by atoms with Gasteiger partial charge in [0.2, 0.25) is 0 Å². The summed E-state index contributed by atoms with van der Waals surface area (Å²) in [6, 6.07) is 35.4. The van der Waals surface area contributed by atoms with Crippen LogP contribution in [0.15, 0.2) is 97.1 Å². The van der Waals surface area contributed by atoms with Crippen molar-refractivity contribution in [2.75, 3.05) is 11.5 Å². The molecular formula is C40H52N2. The molecule has 0 saturated carbocycles. The Balaban J connectivity index is 1.46. The quantitative estimate of drug-likeness (QED) is 0.106. The second-order valence-corrected chi connectivity index (χ2v) is 12.3. The van der Waals surface area contributed by atoms with E-state index in [0.717, 1.165) is 11.4 Å². The molecule has 4 aromatic rings. The zero-order valence-electron chi connectivity index (χ0n) is 26.2. The Morgan fingerprint density at radius 1 is 0.405 bits per heavy atom.